The first kappa shape index (κ1) is 11.8. The first-order valence-electron chi connectivity index (χ1n) is 5.34. The van der Waals surface area contributed by atoms with Gasteiger partial charge < -0.3 is 4.74 Å². The van der Waals surface area contributed by atoms with Crippen molar-refractivity contribution in [2.75, 3.05) is 6.61 Å². The van der Waals surface area contributed by atoms with E-state index >= 15 is 0 Å². The number of aromatic nitrogens is 3. The van der Waals surface area contributed by atoms with Crippen LogP contribution >= 0.6 is 0 Å². The van der Waals surface area contributed by atoms with Crippen LogP contribution in [0.15, 0.2) is 24.3 Å². The number of esters is 1. The van der Waals surface area contributed by atoms with Crippen molar-refractivity contribution < 1.29 is 9.53 Å². The van der Waals surface area contributed by atoms with E-state index in [4.69, 9.17) is 10.00 Å². The minimum absolute atomic E-state index is 0.0659. The summed E-state index contributed by atoms with van der Waals surface area (Å²) in [7, 11) is 0. The van der Waals surface area contributed by atoms with E-state index in [1.54, 1.807) is 31.2 Å². The molecule has 0 atom stereocenters. The molecule has 2 rings (SSSR count). The fourth-order valence-electron chi connectivity index (χ4n) is 1.38. The minimum atomic E-state index is -0.537. The summed E-state index contributed by atoms with van der Waals surface area (Å²) < 4.78 is 4.80. The van der Waals surface area contributed by atoms with Gasteiger partial charge in [-0.05, 0) is 31.2 Å². The third-order valence-corrected chi connectivity index (χ3v) is 2.23. The molecule has 0 aliphatic rings. The molecule has 1 aromatic heterocycles. The normalized spacial score (nSPS) is 9.78. The van der Waals surface area contributed by atoms with Gasteiger partial charge in [-0.15, -0.1) is 0 Å². The van der Waals surface area contributed by atoms with Crippen LogP contribution in [0.4, 0.5) is 0 Å². The maximum Gasteiger partial charge on any atom is 0.375 e. The number of H-pyrrole nitrogens is 1. The molecule has 0 bridgehead atoms. The van der Waals surface area contributed by atoms with Crippen molar-refractivity contribution in [2.24, 2.45) is 0 Å². The van der Waals surface area contributed by atoms with Gasteiger partial charge in [-0.1, -0.05) is 0 Å². The second-order valence-electron chi connectivity index (χ2n) is 3.42. The maximum atomic E-state index is 11.4. The Morgan fingerprint density at radius 2 is 2.17 bits per heavy atom. The van der Waals surface area contributed by atoms with Crippen molar-refractivity contribution in [1.29, 1.82) is 5.26 Å². The molecule has 0 saturated carbocycles. The number of benzene rings is 1. The molecule has 1 N–H and O–H groups in total. The highest BCUT2D eigenvalue weighted by molar-refractivity contribution is 5.85. The molecule has 0 amide bonds. The summed E-state index contributed by atoms with van der Waals surface area (Å²) in [5, 5.41) is 15.1. The molecular formula is C12H10N4O2. The van der Waals surface area contributed by atoms with Crippen LogP contribution in [0.5, 0.6) is 0 Å². The first-order chi connectivity index (χ1) is 8.74. The third-order valence-electron chi connectivity index (χ3n) is 2.23. The van der Waals surface area contributed by atoms with Crippen LogP contribution in [-0.2, 0) is 4.74 Å². The van der Waals surface area contributed by atoms with E-state index in [-0.39, 0.29) is 12.4 Å². The highest BCUT2D eigenvalue weighted by Crippen LogP contribution is 2.15. The van der Waals surface area contributed by atoms with E-state index in [1.165, 1.54) is 0 Å². The first-order valence-corrected chi connectivity index (χ1v) is 5.34. The zero-order valence-corrected chi connectivity index (χ0v) is 9.67. The van der Waals surface area contributed by atoms with Gasteiger partial charge in [0, 0.05) is 5.56 Å². The number of nitrogens with zero attached hydrogens (tertiary/aromatic N) is 3. The average molecular weight is 242 g/mol. The van der Waals surface area contributed by atoms with Gasteiger partial charge in [0.15, 0.2) is 5.82 Å². The number of rotatable bonds is 3. The molecule has 0 radical (unpaired) electrons. The Morgan fingerprint density at radius 1 is 1.44 bits per heavy atom. The Balaban J connectivity index is 2.24. The zero-order valence-electron chi connectivity index (χ0n) is 9.67. The third kappa shape index (κ3) is 2.35. The molecule has 1 aromatic carbocycles. The second-order valence-corrected chi connectivity index (χ2v) is 3.42. The van der Waals surface area contributed by atoms with Gasteiger partial charge in [0.05, 0.1) is 18.2 Å². The van der Waals surface area contributed by atoms with E-state index < -0.39 is 5.97 Å². The maximum absolute atomic E-state index is 11.4. The van der Waals surface area contributed by atoms with Crippen LogP contribution in [0.1, 0.15) is 23.1 Å². The van der Waals surface area contributed by atoms with Crippen LogP contribution < -0.4 is 0 Å². The Hall–Kier alpha value is -2.68. The molecule has 0 aliphatic carbocycles. The molecule has 18 heavy (non-hydrogen) atoms. The number of nitriles is 1. The highest BCUT2D eigenvalue weighted by atomic mass is 16.5. The van der Waals surface area contributed by atoms with Gasteiger partial charge in [-0.2, -0.15) is 10.4 Å². The SMILES string of the molecule is CCOC(=O)c1nc(-c2ccc(C#N)cc2)n[nH]1. The van der Waals surface area contributed by atoms with Crippen LogP contribution in [-0.4, -0.2) is 27.8 Å². The Morgan fingerprint density at radius 3 is 2.78 bits per heavy atom. The highest BCUT2D eigenvalue weighted by Gasteiger charge is 2.13. The molecule has 90 valence electrons. The summed E-state index contributed by atoms with van der Waals surface area (Å²) in [6.45, 7) is 2.00. The Kier molecular flexibility index (Phi) is 3.34. The summed E-state index contributed by atoms with van der Waals surface area (Å²) in [6, 6.07) is 8.79. The van der Waals surface area contributed by atoms with Crippen molar-refractivity contribution in [3.63, 3.8) is 0 Å². The summed E-state index contributed by atoms with van der Waals surface area (Å²) in [4.78, 5) is 15.4. The summed E-state index contributed by atoms with van der Waals surface area (Å²) in [5.74, 6) is -0.0800. The molecule has 1 heterocycles. The standard InChI is InChI=1S/C12H10N4O2/c1-2-18-12(17)11-14-10(15-16-11)9-5-3-8(7-13)4-6-9/h3-6H,2H2,1H3,(H,14,15,16). The summed E-state index contributed by atoms with van der Waals surface area (Å²) in [6.07, 6.45) is 0. The predicted octanol–water partition coefficient (Wildman–Crippen LogP) is 1.52. The lowest BCUT2D eigenvalue weighted by Crippen LogP contribution is -2.06. The molecule has 0 fully saturated rings. The van der Waals surface area contributed by atoms with Gasteiger partial charge in [0.1, 0.15) is 0 Å². The van der Waals surface area contributed by atoms with Gasteiger partial charge in [0.25, 0.3) is 0 Å². The topological polar surface area (TPSA) is 91.7 Å². The second kappa shape index (κ2) is 5.10. The molecule has 0 aliphatic heterocycles. The number of nitrogens with one attached hydrogen (secondary N) is 1. The lowest BCUT2D eigenvalue weighted by molar-refractivity contribution is 0.0512. The van der Waals surface area contributed by atoms with Gasteiger partial charge in [0.2, 0.25) is 5.82 Å². The molecular weight excluding hydrogens is 232 g/mol. The quantitative estimate of drug-likeness (QED) is 0.824. The molecule has 0 spiro atoms. The van der Waals surface area contributed by atoms with Crippen LogP contribution in [0.25, 0.3) is 11.4 Å². The van der Waals surface area contributed by atoms with Crippen LogP contribution in [0, 0.1) is 11.3 Å². The van der Waals surface area contributed by atoms with Crippen molar-refractivity contribution in [3.05, 3.63) is 35.7 Å². The molecule has 0 saturated heterocycles. The average Bonchev–Trinajstić information content (AvgIpc) is 2.89. The monoisotopic (exact) mass is 242 g/mol. The van der Waals surface area contributed by atoms with E-state index in [1.807, 2.05) is 6.07 Å². The Labute approximate surface area is 103 Å². The zero-order chi connectivity index (χ0) is 13.0. The molecule has 2 aromatic rings. The van der Waals surface area contributed by atoms with E-state index in [9.17, 15) is 4.79 Å². The summed E-state index contributed by atoms with van der Waals surface area (Å²) >= 11 is 0. The lowest BCUT2D eigenvalue weighted by atomic mass is 10.1. The number of carbonyl (C=O) groups excluding carboxylic acids is 1. The van der Waals surface area contributed by atoms with Crippen LogP contribution in [0.2, 0.25) is 0 Å². The number of aromatic amines is 1. The van der Waals surface area contributed by atoms with E-state index in [0.717, 1.165) is 5.56 Å². The molecule has 6 heteroatoms. The van der Waals surface area contributed by atoms with Crippen molar-refractivity contribution in [3.8, 4) is 17.5 Å². The number of hydrogen-bond acceptors (Lipinski definition) is 5. The fourth-order valence-corrected chi connectivity index (χ4v) is 1.38. The van der Waals surface area contributed by atoms with Crippen molar-refractivity contribution in [2.45, 2.75) is 6.92 Å². The van der Waals surface area contributed by atoms with Gasteiger partial charge in [-0.25, -0.2) is 9.78 Å². The number of hydrogen-bond donors (Lipinski definition) is 1. The van der Waals surface area contributed by atoms with E-state index in [0.29, 0.717) is 11.4 Å². The van der Waals surface area contributed by atoms with Crippen molar-refractivity contribution >= 4 is 5.97 Å². The number of ether oxygens (including phenoxy) is 1. The van der Waals surface area contributed by atoms with E-state index in [2.05, 4.69) is 15.2 Å². The number of carbonyl (C=O) groups is 1. The summed E-state index contributed by atoms with van der Waals surface area (Å²) in [5.41, 5.74) is 1.28. The van der Waals surface area contributed by atoms with Gasteiger partial charge in [-0.3, -0.25) is 5.10 Å². The van der Waals surface area contributed by atoms with Crippen LogP contribution in [0.3, 0.4) is 0 Å². The predicted molar refractivity (Wildman–Crippen MR) is 62.5 cm³/mol. The largest absolute Gasteiger partial charge is 0.460 e. The molecule has 0 unspecified atom stereocenters. The minimum Gasteiger partial charge on any atom is -0.460 e. The smallest absolute Gasteiger partial charge is 0.375 e. The fraction of sp³-hybridized carbons (Fsp3) is 0.167. The van der Waals surface area contributed by atoms with Crippen molar-refractivity contribution in [1.82, 2.24) is 15.2 Å². The molecule has 6 nitrogen and oxygen atoms in total. The van der Waals surface area contributed by atoms with Gasteiger partial charge >= 0.3 is 5.97 Å². The lowest BCUT2D eigenvalue weighted by Gasteiger charge is -1.95. The Bertz CT molecular complexity index is 595.